The fourth-order valence-electron chi connectivity index (χ4n) is 3.83. The Hall–Kier alpha value is -2.61. The highest BCUT2D eigenvalue weighted by molar-refractivity contribution is 5.73. The Labute approximate surface area is 151 Å². The van der Waals surface area contributed by atoms with Gasteiger partial charge in [-0.2, -0.15) is 4.98 Å². The van der Waals surface area contributed by atoms with Crippen molar-refractivity contribution in [3.63, 3.8) is 0 Å². The molecule has 8 nitrogen and oxygen atoms in total. The summed E-state index contributed by atoms with van der Waals surface area (Å²) in [5.41, 5.74) is 0.909. The number of hydrogen-bond acceptors (Lipinski definition) is 6. The van der Waals surface area contributed by atoms with Crippen molar-refractivity contribution in [2.45, 2.75) is 44.2 Å². The highest BCUT2D eigenvalue weighted by atomic mass is 16.3. The molecule has 3 aromatic rings. The second-order valence-corrected chi connectivity index (χ2v) is 7.19. The van der Waals surface area contributed by atoms with Gasteiger partial charge in [0.25, 0.3) is 0 Å². The molecule has 0 radical (unpaired) electrons. The molecule has 4 heterocycles. The Balaban J connectivity index is 1.48. The summed E-state index contributed by atoms with van der Waals surface area (Å²) in [6, 6.07) is 4.62. The summed E-state index contributed by atoms with van der Waals surface area (Å²) in [6.07, 6.45) is 11.6. The van der Waals surface area contributed by atoms with Crippen molar-refractivity contribution < 1.29 is 5.11 Å². The zero-order valence-electron chi connectivity index (χ0n) is 14.6. The SMILES string of the molecule is OC[C@@H]1CCCN1c1nc(Nc2cn(C3CCC3)cn2)c2cccn2n1. The minimum Gasteiger partial charge on any atom is -0.394 e. The summed E-state index contributed by atoms with van der Waals surface area (Å²) < 4.78 is 4.02. The molecule has 2 N–H and O–H groups in total. The zero-order chi connectivity index (χ0) is 17.5. The third kappa shape index (κ3) is 2.61. The topological polar surface area (TPSA) is 83.5 Å². The first kappa shape index (κ1) is 15.6. The number of aromatic nitrogens is 5. The molecule has 1 aliphatic heterocycles. The third-order valence-electron chi connectivity index (χ3n) is 5.57. The summed E-state index contributed by atoms with van der Waals surface area (Å²) in [4.78, 5) is 11.3. The Morgan fingerprint density at radius 1 is 1.23 bits per heavy atom. The van der Waals surface area contributed by atoms with Crippen molar-refractivity contribution in [1.82, 2.24) is 24.1 Å². The number of nitrogens with zero attached hydrogens (tertiary/aromatic N) is 6. The van der Waals surface area contributed by atoms with Gasteiger partial charge in [0.2, 0.25) is 5.95 Å². The lowest BCUT2D eigenvalue weighted by atomic mass is 9.93. The molecular formula is C18H23N7O. The number of hydrogen-bond donors (Lipinski definition) is 2. The van der Waals surface area contributed by atoms with Gasteiger partial charge in [-0.05, 0) is 44.2 Å². The van der Waals surface area contributed by atoms with Gasteiger partial charge in [0.15, 0.2) is 5.82 Å². The van der Waals surface area contributed by atoms with Crippen molar-refractivity contribution in [2.75, 3.05) is 23.4 Å². The Morgan fingerprint density at radius 2 is 2.15 bits per heavy atom. The third-order valence-corrected chi connectivity index (χ3v) is 5.57. The number of imidazole rings is 1. The van der Waals surface area contributed by atoms with E-state index in [9.17, 15) is 5.11 Å². The Kier molecular flexibility index (Phi) is 3.77. The number of fused-ring (bicyclic) bond motifs is 1. The average molecular weight is 353 g/mol. The number of nitrogens with one attached hydrogen (secondary N) is 1. The van der Waals surface area contributed by atoms with Gasteiger partial charge in [-0.3, -0.25) is 0 Å². The van der Waals surface area contributed by atoms with Crippen LogP contribution in [0.15, 0.2) is 30.9 Å². The lowest BCUT2D eigenvalue weighted by molar-refractivity contribution is 0.265. The number of aliphatic hydroxyl groups is 1. The van der Waals surface area contributed by atoms with Crippen LogP contribution in [-0.2, 0) is 0 Å². The molecule has 136 valence electrons. The van der Waals surface area contributed by atoms with Crippen LogP contribution in [0, 0.1) is 0 Å². The molecule has 26 heavy (non-hydrogen) atoms. The normalized spacial score (nSPS) is 20.7. The van der Waals surface area contributed by atoms with E-state index in [1.165, 1.54) is 19.3 Å². The highest BCUT2D eigenvalue weighted by Crippen LogP contribution is 2.32. The molecule has 1 saturated carbocycles. The largest absolute Gasteiger partial charge is 0.394 e. The number of anilines is 3. The maximum absolute atomic E-state index is 9.63. The van der Waals surface area contributed by atoms with Gasteiger partial charge in [0.1, 0.15) is 11.3 Å². The molecule has 0 spiro atoms. The zero-order valence-corrected chi connectivity index (χ0v) is 14.6. The molecule has 0 aromatic carbocycles. The van der Waals surface area contributed by atoms with Crippen molar-refractivity contribution >= 4 is 23.1 Å². The van der Waals surface area contributed by atoms with Crippen molar-refractivity contribution in [3.8, 4) is 0 Å². The predicted molar refractivity (Wildman–Crippen MR) is 98.8 cm³/mol. The highest BCUT2D eigenvalue weighted by Gasteiger charge is 2.27. The molecule has 3 aromatic heterocycles. The summed E-state index contributed by atoms with van der Waals surface area (Å²) in [6.45, 7) is 0.995. The van der Waals surface area contributed by atoms with Gasteiger partial charge in [0, 0.05) is 25.0 Å². The van der Waals surface area contributed by atoms with E-state index in [1.807, 2.05) is 29.2 Å². The van der Waals surface area contributed by atoms with Crippen LogP contribution >= 0.6 is 0 Å². The predicted octanol–water partition coefficient (Wildman–Crippen LogP) is 2.36. The van der Waals surface area contributed by atoms with Crippen LogP contribution in [0.25, 0.3) is 5.52 Å². The second kappa shape index (κ2) is 6.28. The van der Waals surface area contributed by atoms with Crippen LogP contribution in [-0.4, -0.2) is 48.4 Å². The van der Waals surface area contributed by atoms with Gasteiger partial charge in [-0.15, -0.1) is 5.10 Å². The smallest absolute Gasteiger partial charge is 0.245 e. The molecule has 0 bridgehead atoms. The second-order valence-electron chi connectivity index (χ2n) is 7.19. The van der Waals surface area contributed by atoms with Gasteiger partial charge >= 0.3 is 0 Å². The van der Waals surface area contributed by atoms with Crippen molar-refractivity contribution in [1.29, 1.82) is 0 Å². The van der Waals surface area contributed by atoms with E-state index < -0.39 is 0 Å². The lowest BCUT2D eigenvalue weighted by Crippen LogP contribution is -2.34. The number of aliphatic hydroxyl groups excluding tert-OH is 1. The van der Waals surface area contributed by atoms with Crippen LogP contribution in [0.3, 0.4) is 0 Å². The fraction of sp³-hybridized carbons (Fsp3) is 0.500. The molecule has 8 heteroatoms. The van der Waals surface area contributed by atoms with E-state index >= 15 is 0 Å². The van der Waals surface area contributed by atoms with E-state index in [-0.39, 0.29) is 12.6 Å². The first-order chi connectivity index (χ1) is 12.8. The van der Waals surface area contributed by atoms with Crippen LogP contribution in [0.5, 0.6) is 0 Å². The summed E-state index contributed by atoms with van der Waals surface area (Å²) in [7, 11) is 0. The lowest BCUT2D eigenvalue weighted by Gasteiger charge is -2.26. The standard InChI is InChI=1S/C18H23N7O/c26-11-14-6-2-8-24(14)18-21-17(15-7-3-9-25(15)22-18)20-16-10-23(12-19-16)13-4-1-5-13/h3,7,9-10,12-14,26H,1-2,4-6,8,11H2,(H,20,21,22)/t14-/m0/s1. The van der Waals surface area contributed by atoms with E-state index in [1.54, 1.807) is 0 Å². The van der Waals surface area contributed by atoms with E-state index in [0.717, 1.165) is 36.5 Å². The van der Waals surface area contributed by atoms with Gasteiger partial charge < -0.3 is 19.9 Å². The van der Waals surface area contributed by atoms with Crippen LogP contribution < -0.4 is 10.2 Å². The molecule has 2 fully saturated rings. The van der Waals surface area contributed by atoms with Gasteiger partial charge in [0.05, 0.1) is 19.0 Å². The molecule has 1 saturated heterocycles. The fourth-order valence-corrected chi connectivity index (χ4v) is 3.83. The van der Waals surface area contributed by atoms with Crippen LogP contribution in [0.4, 0.5) is 17.6 Å². The quantitative estimate of drug-likeness (QED) is 0.733. The van der Waals surface area contributed by atoms with Crippen molar-refractivity contribution in [3.05, 3.63) is 30.9 Å². The summed E-state index contributed by atoms with van der Waals surface area (Å²) in [5, 5.41) is 17.6. The summed E-state index contributed by atoms with van der Waals surface area (Å²) in [5.74, 6) is 2.18. The minimum absolute atomic E-state index is 0.0914. The van der Waals surface area contributed by atoms with E-state index in [4.69, 9.17) is 4.98 Å². The molecular weight excluding hydrogens is 330 g/mol. The molecule has 1 atom stereocenters. The van der Waals surface area contributed by atoms with Crippen LogP contribution in [0.1, 0.15) is 38.1 Å². The van der Waals surface area contributed by atoms with Crippen molar-refractivity contribution in [2.24, 2.45) is 0 Å². The monoisotopic (exact) mass is 353 g/mol. The summed E-state index contributed by atoms with van der Waals surface area (Å²) >= 11 is 0. The first-order valence-corrected chi connectivity index (χ1v) is 9.35. The Bertz CT molecular complexity index is 913. The first-order valence-electron chi connectivity index (χ1n) is 9.35. The Morgan fingerprint density at radius 3 is 2.96 bits per heavy atom. The average Bonchev–Trinajstić information content (AvgIpc) is 3.33. The molecule has 0 amide bonds. The number of rotatable bonds is 5. The maximum Gasteiger partial charge on any atom is 0.245 e. The maximum atomic E-state index is 9.63. The molecule has 1 aliphatic carbocycles. The minimum atomic E-state index is 0.0914. The van der Waals surface area contributed by atoms with E-state index in [0.29, 0.717) is 12.0 Å². The van der Waals surface area contributed by atoms with Gasteiger partial charge in [-0.1, -0.05) is 0 Å². The molecule has 5 rings (SSSR count). The van der Waals surface area contributed by atoms with Crippen LogP contribution in [0.2, 0.25) is 0 Å². The molecule has 2 aliphatic rings. The van der Waals surface area contributed by atoms with Gasteiger partial charge in [-0.25, -0.2) is 9.50 Å². The molecule has 0 unspecified atom stereocenters. The van der Waals surface area contributed by atoms with E-state index in [2.05, 4.69) is 31.1 Å².